The zero-order chi connectivity index (χ0) is 17.7. The van der Waals surface area contributed by atoms with Crippen molar-refractivity contribution in [1.29, 1.82) is 0 Å². The monoisotopic (exact) mass is 383 g/mol. The van der Waals surface area contributed by atoms with Crippen molar-refractivity contribution in [2.45, 2.75) is 25.7 Å². The molecular formula is C6H11B3F12K-3. The Balaban J connectivity index is -0.0000000612. The molecule has 0 heterocycles. The van der Waals surface area contributed by atoms with Gasteiger partial charge in [-0.3, -0.25) is 0 Å². The Kier molecular flexibility index (Phi) is 21.2. The van der Waals surface area contributed by atoms with E-state index in [0.29, 0.717) is 0 Å². The third-order valence-corrected chi connectivity index (χ3v) is 1.16. The van der Waals surface area contributed by atoms with E-state index >= 15 is 0 Å². The third kappa shape index (κ3) is 178. The predicted molar refractivity (Wildman–Crippen MR) is 59.3 cm³/mol. The van der Waals surface area contributed by atoms with Gasteiger partial charge in [0.15, 0.2) is 0 Å². The number of allylic oxidation sites excluding steroid dienone is 2. The first kappa shape index (κ1) is 30.6. The van der Waals surface area contributed by atoms with E-state index < -0.39 is 21.8 Å². The molecule has 0 fully saturated rings. The number of rotatable bonds is 0. The molecule has 0 saturated carbocycles. The molecule has 0 N–H and O–H groups in total. The van der Waals surface area contributed by atoms with Crippen LogP contribution in [-0.4, -0.2) is 21.8 Å². The van der Waals surface area contributed by atoms with Gasteiger partial charge in [-0.25, -0.2) is 0 Å². The van der Waals surface area contributed by atoms with E-state index in [4.69, 9.17) is 0 Å². The standard InChI is InChI=1S/C6H10.3BF4.K.H/c1-2-4-6-5-3-1;3*2-1(3,4)5;;/h1-2H,3-6H2;;;;;/q;3*-1;+1;-1. The molecular weight excluding hydrogens is 372 g/mol. The van der Waals surface area contributed by atoms with Gasteiger partial charge in [-0.05, 0) is 25.7 Å². The van der Waals surface area contributed by atoms with Crippen LogP contribution in [0.5, 0.6) is 0 Å². The Hall–Kier alpha value is 0.731. The van der Waals surface area contributed by atoms with Crippen LogP contribution in [-0.2, 0) is 0 Å². The van der Waals surface area contributed by atoms with Crippen LogP contribution in [0, 0.1) is 0 Å². The smallest absolute Gasteiger partial charge is 1.00 e. The van der Waals surface area contributed by atoms with Gasteiger partial charge < -0.3 is 53.2 Å². The van der Waals surface area contributed by atoms with E-state index in [1.54, 1.807) is 0 Å². The zero-order valence-electron chi connectivity index (χ0n) is 12.3. The predicted octanol–water partition coefficient (Wildman–Crippen LogP) is 3.13. The summed E-state index contributed by atoms with van der Waals surface area (Å²) in [4.78, 5) is 0. The largest absolute Gasteiger partial charge is 1.00 e. The maximum Gasteiger partial charge on any atom is 1.00 e. The van der Waals surface area contributed by atoms with E-state index in [-0.39, 0.29) is 52.8 Å². The summed E-state index contributed by atoms with van der Waals surface area (Å²) in [6.45, 7) is 0. The minimum atomic E-state index is -6.00. The van der Waals surface area contributed by atoms with Gasteiger partial charge in [-0.15, -0.1) is 0 Å². The fourth-order valence-corrected chi connectivity index (χ4v) is 0.760. The van der Waals surface area contributed by atoms with Crippen molar-refractivity contribution in [1.82, 2.24) is 0 Å². The van der Waals surface area contributed by atoms with E-state index in [2.05, 4.69) is 12.2 Å². The number of halogens is 12. The maximum absolute atomic E-state index is 9.75. The summed E-state index contributed by atoms with van der Waals surface area (Å²) in [6.07, 6.45) is 10.0. The molecule has 0 bridgehead atoms. The van der Waals surface area contributed by atoms with Gasteiger partial charge >= 0.3 is 73.1 Å². The molecule has 0 unspecified atom stereocenters. The molecule has 132 valence electrons. The van der Waals surface area contributed by atoms with Crippen molar-refractivity contribution in [3.63, 3.8) is 0 Å². The van der Waals surface area contributed by atoms with Gasteiger partial charge in [0.25, 0.3) is 0 Å². The second-order valence-corrected chi connectivity index (χ2v) is 3.24. The van der Waals surface area contributed by atoms with Crippen LogP contribution < -0.4 is 51.4 Å². The Labute approximate surface area is 163 Å². The van der Waals surface area contributed by atoms with Crippen molar-refractivity contribution < 1.29 is 105 Å². The van der Waals surface area contributed by atoms with Crippen LogP contribution in [0.4, 0.5) is 51.8 Å². The molecule has 0 aromatic heterocycles. The molecule has 0 nitrogen and oxygen atoms in total. The first-order valence-corrected chi connectivity index (χ1v) is 5.27. The molecule has 0 aromatic rings. The Morgan fingerprint density at radius 2 is 0.636 bits per heavy atom. The van der Waals surface area contributed by atoms with Crippen LogP contribution in [0.1, 0.15) is 27.1 Å². The fourth-order valence-electron chi connectivity index (χ4n) is 0.760. The Morgan fingerprint density at radius 1 is 0.500 bits per heavy atom. The second kappa shape index (κ2) is 15.3. The summed E-state index contributed by atoms with van der Waals surface area (Å²) in [7, 11) is -18.0. The van der Waals surface area contributed by atoms with E-state index in [1.165, 1.54) is 25.7 Å². The summed E-state index contributed by atoms with van der Waals surface area (Å²) in [5.41, 5.74) is 0. The van der Waals surface area contributed by atoms with Crippen molar-refractivity contribution >= 4 is 21.8 Å². The van der Waals surface area contributed by atoms with Crippen LogP contribution >= 0.6 is 0 Å². The van der Waals surface area contributed by atoms with Crippen LogP contribution in [0.2, 0.25) is 0 Å². The quantitative estimate of drug-likeness (QED) is 0.343. The first-order valence-electron chi connectivity index (χ1n) is 5.27. The van der Waals surface area contributed by atoms with Gasteiger partial charge in [0.05, 0.1) is 0 Å². The van der Waals surface area contributed by atoms with Crippen LogP contribution in [0.3, 0.4) is 0 Å². The van der Waals surface area contributed by atoms with Crippen molar-refractivity contribution in [2.75, 3.05) is 0 Å². The molecule has 1 rings (SSSR count). The van der Waals surface area contributed by atoms with Crippen LogP contribution in [0.25, 0.3) is 0 Å². The summed E-state index contributed by atoms with van der Waals surface area (Å²) in [5.74, 6) is 0. The Bertz CT molecular complexity index is 210. The van der Waals surface area contributed by atoms with Gasteiger partial charge in [0.1, 0.15) is 0 Å². The minimum Gasteiger partial charge on any atom is -1.00 e. The molecule has 0 spiro atoms. The molecule has 16 heteroatoms. The molecule has 0 radical (unpaired) electrons. The van der Waals surface area contributed by atoms with Gasteiger partial charge in [0, 0.05) is 0 Å². The maximum atomic E-state index is 9.75. The van der Waals surface area contributed by atoms with Crippen molar-refractivity contribution in [3.05, 3.63) is 12.2 Å². The molecule has 1 aliphatic rings. The molecule has 0 aromatic carbocycles. The minimum absolute atomic E-state index is 0. The molecule has 0 aliphatic heterocycles. The molecule has 0 amide bonds. The summed E-state index contributed by atoms with van der Waals surface area (Å²) in [6, 6.07) is 0. The molecule has 0 atom stereocenters. The second-order valence-electron chi connectivity index (χ2n) is 3.24. The SMILES string of the molecule is C1=CCCCC1.F[B-](F)(F)F.F[B-](F)(F)F.F[B-](F)(F)F.[H-].[K+]. The summed E-state index contributed by atoms with van der Waals surface area (Å²) < 4.78 is 117. The van der Waals surface area contributed by atoms with E-state index in [1.807, 2.05) is 0 Å². The zero-order valence-corrected chi connectivity index (χ0v) is 14.4. The summed E-state index contributed by atoms with van der Waals surface area (Å²) >= 11 is 0. The van der Waals surface area contributed by atoms with Crippen molar-refractivity contribution in [3.8, 4) is 0 Å². The van der Waals surface area contributed by atoms with E-state index in [9.17, 15) is 51.8 Å². The third-order valence-electron chi connectivity index (χ3n) is 1.16. The average molecular weight is 383 g/mol. The fraction of sp³-hybridized carbons (Fsp3) is 0.667. The molecule has 0 saturated heterocycles. The molecule has 1 aliphatic carbocycles. The normalized spacial score (nSPS) is 14.0. The van der Waals surface area contributed by atoms with Gasteiger partial charge in [0.2, 0.25) is 0 Å². The van der Waals surface area contributed by atoms with Crippen LogP contribution in [0.15, 0.2) is 12.2 Å². The Morgan fingerprint density at radius 3 is 0.682 bits per heavy atom. The van der Waals surface area contributed by atoms with E-state index in [0.717, 1.165) is 0 Å². The number of hydrogen-bond acceptors (Lipinski definition) is 0. The summed E-state index contributed by atoms with van der Waals surface area (Å²) in [5, 5.41) is 0. The molecule has 22 heavy (non-hydrogen) atoms. The topological polar surface area (TPSA) is 0 Å². The number of hydrogen-bond donors (Lipinski definition) is 0. The first-order chi connectivity index (χ1) is 9.00. The average Bonchev–Trinajstić information content (AvgIpc) is 2.12. The van der Waals surface area contributed by atoms with Crippen molar-refractivity contribution in [2.24, 2.45) is 0 Å². The van der Waals surface area contributed by atoms with Gasteiger partial charge in [-0.1, -0.05) is 12.2 Å². The van der Waals surface area contributed by atoms with Gasteiger partial charge in [-0.2, -0.15) is 0 Å².